The Kier molecular flexibility index (Phi) is 4.10. The number of carbonyl (C=O) groups excluding carboxylic acids is 2. The fraction of sp³-hybridized carbons (Fsp3) is 0.333. The van der Waals surface area contributed by atoms with Crippen molar-refractivity contribution in [3.8, 4) is 0 Å². The maximum Gasteiger partial charge on any atom is 0.299 e. The molecule has 1 heterocycles. The van der Waals surface area contributed by atoms with Gasteiger partial charge in [0, 0.05) is 14.2 Å². The molecule has 5 nitrogen and oxygen atoms in total. The standard InChI is InChI=1S/C12H11Cl2NO4/c1-18-8(19-2)5-15-10-7(14)4-3-6(13)9(10)11(16)12(15)17/h3-4,8H,5H2,1-2H3. The first-order valence-corrected chi connectivity index (χ1v) is 6.16. The second-order valence-corrected chi connectivity index (χ2v) is 4.71. The number of methoxy groups -OCH3 is 2. The summed E-state index contributed by atoms with van der Waals surface area (Å²) in [5.41, 5.74) is 0.438. The van der Waals surface area contributed by atoms with Crippen LogP contribution in [-0.4, -0.2) is 38.7 Å². The topological polar surface area (TPSA) is 55.8 Å². The van der Waals surface area contributed by atoms with Crippen LogP contribution in [0.3, 0.4) is 0 Å². The van der Waals surface area contributed by atoms with E-state index in [4.69, 9.17) is 32.7 Å². The summed E-state index contributed by atoms with van der Waals surface area (Å²) in [6.45, 7) is 0.0602. The number of halogens is 2. The van der Waals surface area contributed by atoms with Gasteiger partial charge in [0.1, 0.15) is 0 Å². The highest BCUT2D eigenvalue weighted by Gasteiger charge is 2.40. The molecule has 0 aromatic heterocycles. The maximum absolute atomic E-state index is 12.0. The van der Waals surface area contributed by atoms with E-state index in [1.165, 1.54) is 31.3 Å². The zero-order chi connectivity index (χ0) is 14.2. The van der Waals surface area contributed by atoms with Crippen molar-refractivity contribution in [2.45, 2.75) is 6.29 Å². The van der Waals surface area contributed by atoms with Gasteiger partial charge < -0.3 is 9.47 Å². The third-order valence-electron chi connectivity index (χ3n) is 2.87. The molecule has 1 aromatic rings. The second-order valence-electron chi connectivity index (χ2n) is 3.90. The number of nitrogens with zero attached hydrogens (tertiary/aromatic N) is 1. The van der Waals surface area contributed by atoms with Crippen LogP contribution in [0.15, 0.2) is 12.1 Å². The van der Waals surface area contributed by atoms with Gasteiger partial charge in [0.15, 0.2) is 6.29 Å². The summed E-state index contributed by atoms with van der Waals surface area (Å²) in [7, 11) is 2.88. The lowest BCUT2D eigenvalue weighted by Gasteiger charge is -2.22. The van der Waals surface area contributed by atoms with Crippen LogP contribution in [0, 0.1) is 0 Å². The molecule has 0 fully saturated rings. The number of hydrogen-bond donors (Lipinski definition) is 0. The number of rotatable bonds is 4. The average molecular weight is 304 g/mol. The molecule has 0 unspecified atom stereocenters. The Labute approximate surface area is 120 Å². The van der Waals surface area contributed by atoms with E-state index in [1.807, 2.05) is 0 Å². The van der Waals surface area contributed by atoms with Crippen molar-refractivity contribution in [1.82, 2.24) is 0 Å². The van der Waals surface area contributed by atoms with Crippen LogP contribution in [0.2, 0.25) is 10.0 Å². The van der Waals surface area contributed by atoms with E-state index in [2.05, 4.69) is 0 Å². The maximum atomic E-state index is 12.0. The molecule has 102 valence electrons. The lowest BCUT2D eigenvalue weighted by Crippen LogP contribution is -2.38. The van der Waals surface area contributed by atoms with E-state index < -0.39 is 18.0 Å². The van der Waals surface area contributed by atoms with E-state index >= 15 is 0 Å². The molecular formula is C12H11Cl2NO4. The van der Waals surface area contributed by atoms with Gasteiger partial charge in [-0.2, -0.15) is 0 Å². The van der Waals surface area contributed by atoms with Crippen molar-refractivity contribution in [2.24, 2.45) is 0 Å². The highest BCUT2D eigenvalue weighted by molar-refractivity contribution is 6.57. The van der Waals surface area contributed by atoms with E-state index in [1.54, 1.807) is 0 Å². The summed E-state index contributed by atoms with van der Waals surface area (Å²) >= 11 is 12.0. The van der Waals surface area contributed by atoms with Gasteiger partial charge in [0.05, 0.1) is 27.8 Å². The number of anilines is 1. The van der Waals surface area contributed by atoms with Gasteiger partial charge in [-0.15, -0.1) is 0 Å². The molecular weight excluding hydrogens is 293 g/mol. The minimum absolute atomic E-state index is 0.0602. The molecule has 0 atom stereocenters. The van der Waals surface area contributed by atoms with Gasteiger partial charge in [0.2, 0.25) is 0 Å². The lowest BCUT2D eigenvalue weighted by molar-refractivity contribution is -0.119. The molecule has 2 rings (SSSR count). The monoisotopic (exact) mass is 303 g/mol. The summed E-state index contributed by atoms with van der Waals surface area (Å²) in [6.07, 6.45) is -0.655. The van der Waals surface area contributed by atoms with E-state index in [0.29, 0.717) is 5.69 Å². The minimum atomic E-state index is -0.691. The molecule has 1 aromatic carbocycles. The van der Waals surface area contributed by atoms with Crippen molar-refractivity contribution in [3.63, 3.8) is 0 Å². The molecule has 0 radical (unpaired) electrons. The molecule has 0 saturated heterocycles. The third kappa shape index (κ3) is 2.34. The normalized spacial score (nSPS) is 14.5. The van der Waals surface area contributed by atoms with E-state index in [0.717, 1.165) is 0 Å². The van der Waals surface area contributed by atoms with Crippen LogP contribution in [-0.2, 0) is 14.3 Å². The molecule has 7 heteroatoms. The van der Waals surface area contributed by atoms with Crippen molar-refractivity contribution < 1.29 is 19.1 Å². The number of amides is 1. The molecule has 19 heavy (non-hydrogen) atoms. The Morgan fingerprint density at radius 3 is 2.32 bits per heavy atom. The number of ether oxygens (including phenoxy) is 2. The molecule has 0 aliphatic carbocycles. The number of fused-ring (bicyclic) bond motifs is 1. The summed E-state index contributed by atoms with van der Waals surface area (Å²) in [4.78, 5) is 25.1. The van der Waals surface area contributed by atoms with Gasteiger partial charge in [-0.05, 0) is 12.1 Å². The van der Waals surface area contributed by atoms with Crippen molar-refractivity contribution in [1.29, 1.82) is 0 Å². The van der Waals surface area contributed by atoms with Crippen LogP contribution in [0.4, 0.5) is 5.69 Å². The van der Waals surface area contributed by atoms with Crippen molar-refractivity contribution in [2.75, 3.05) is 25.7 Å². The third-order valence-corrected chi connectivity index (χ3v) is 3.49. The number of benzene rings is 1. The van der Waals surface area contributed by atoms with Crippen LogP contribution < -0.4 is 4.90 Å². The van der Waals surface area contributed by atoms with Gasteiger partial charge in [0.25, 0.3) is 11.7 Å². The number of ketones is 1. The Balaban J connectivity index is 2.47. The SMILES string of the molecule is COC(CN1C(=O)C(=O)c2c(Cl)ccc(Cl)c21)OC. The lowest BCUT2D eigenvalue weighted by atomic mass is 10.1. The van der Waals surface area contributed by atoms with Crippen LogP contribution in [0.25, 0.3) is 0 Å². The second kappa shape index (κ2) is 5.46. The Morgan fingerprint density at radius 1 is 1.16 bits per heavy atom. The Morgan fingerprint density at radius 2 is 1.74 bits per heavy atom. The van der Waals surface area contributed by atoms with E-state index in [-0.39, 0.29) is 22.2 Å². The highest BCUT2D eigenvalue weighted by Crippen LogP contribution is 2.40. The molecule has 1 aliphatic rings. The van der Waals surface area contributed by atoms with E-state index in [9.17, 15) is 9.59 Å². The van der Waals surface area contributed by atoms with Crippen LogP contribution >= 0.6 is 23.2 Å². The molecule has 0 N–H and O–H groups in total. The van der Waals surface area contributed by atoms with Gasteiger partial charge in [-0.1, -0.05) is 23.2 Å². The highest BCUT2D eigenvalue weighted by atomic mass is 35.5. The van der Waals surface area contributed by atoms with Crippen LogP contribution in [0.1, 0.15) is 10.4 Å². The Hall–Kier alpha value is -1.14. The number of Topliss-reactive ketones (excluding diaryl/α,β-unsaturated/α-hetero) is 1. The fourth-order valence-corrected chi connectivity index (χ4v) is 2.42. The predicted molar refractivity (Wildman–Crippen MR) is 71.0 cm³/mol. The summed E-state index contributed by atoms with van der Waals surface area (Å²) in [5, 5.41) is 0.483. The molecule has 1 amide bonds. The predicted octanol–water partition coefficient (Wildman–Crippen LogP) is 2.14. The average Bonchev–Trinajstić information content (AvgIpc) is 2.66. The number of hydrogen-bond acceptors (Lipinski definition) is 4. The summed E-state index contributed by atoms with van der Waals surface area (Å²) < 4.78 is 10.1. The first kappa shape index (κ1) is 14.3. The fourth-order valence-electron chi connectivity index (χ4n) is 1.92. The van der Waals surface area contributed by atoms with Crippen molar-refractivity contribution >= 4 is 40.6 Å². The minimum Gasteiger partial charge on any atom is -0.354 e. The summed E-state index contributed by atoms with van der Waals surface area (Å²) in [6, 6.07) is 3.03. The Bertz CT molecular complexity index is 543. The first-order chi connectivity index (χ1) is 9.01. The van der Waals surface area contributed by atoms with Gasteiger partial charge >= 0.3 is 0 Å². The zero-order valence-corrected chi connectivity index (χ0v) is 11.8. The van der Waals surface area contributed by atoms with Gasteiger partial charge in [-0.3, -0.25) is 14.5 Å². The van der Waals surface area contributed by atoms with Gasteiger partial charge in [-0.25, -0.2) is 0 Å². The largest absolute Gasteiger partial charge is 0.354 e. The smallest absolute Gasteiger partial charge is 0.299 e. The molecule has 0 spiro atoms. The molecule has 1 aliphatic heterocycles. The van der Waals surface area contributed by atoms with Crippen molar-refractivity contribution in [3.05, 3.63) is 27.7 Å². The molecule has 0 bridgehead atoms. The quantitative estimate of drug-likeness (QED) is 0.632. The molecule has 0 saturated carbocycles. The zero-order valence-electron chi connectivity index (χ0n) is 10.3. The number of carbonyl (C=O) groups is 2. The van der Waals surface area contributed by atoms with Crippen LogP contribution in [0.5, 0.6) is 0 Å². The first-order valence-electron chi connectivity index (χ1n) is 5.41. The summed E-state index contributed by atoms with van der Waals surface area (Å²) in [5.74, 6) is -1.36.